The SMILES string of the molecule is COc1cc(-c2cn(C3CC(C)(C)C4C=CC=CC4NC3=O)nn2)ccc1-n1cnc(C)c1. The van der Waals surface area contributed by atoms with Crippen LogP contribution >= 0.6 is 0 Å². The van der Waals surface area contributed by atoms with Gasteiger partial charge in [0.1, 0.15) is 17.5 Å². The van der Waals surface area contributed by atoms with Crippen LogP contribution in [0.1, 0.15) is 32.0 Å². The molecule has 0 radical (unpaired) electrons. The average molecular weight is 445 g/mol. The molecule has 2 aromatic heterocycles. The van der Waals surface area contributed by atoms with Crippen LogP contribution in [0.15, 0.2) is 61.2 Å². The molecule has 0 saturated carbocycles. The molecule has 3 aromatic rings. The molecule has 3 atom stereocenters. The molecule has 1 aliphatic heterocycles. The first-order valence-electron chi connectivity index (χ1n) is 11.1. The number of hydrogen-bond donors (Lipinski definition) is 1. The Bertz CT molecular complexity index is 1250. The first kappa shape index (κ1) is 21.2. The minimum atomic E-state index is -0.427. The molecule has 3 heterocycles. The number of benzene rings is 1. The zero-order valence-corrected chi connectivity index (χ0v) is 19.3. The van der Waals surface area contributed by atoms with Gasteiger partial charge in [-0.1, -0.05) is 49.4 Å². The molecule has 1 aromatic carbocycles. The van der Waals surface area contributed by atoms with E-state index in [0.29, 0.717) is 17.9 Å². The quantitative estimate of drug-likeness (QED) is 0.664. The van der Waals surface area contributed by atoms with E-state index in [4.69, 9.17) is 4.74 Å². The topological polar surface area (TPSA) is 86.9 Å². The molecule has 2 aliphatic rings. The lowest BCUT2D eigenvalue weighted by Crippen LogP contribution is -2.41. The second-order valence-corrected chi connectivity index (χ2v) is 9.43. The van der Waals surface area contributed by atoms with Gasteiger partial charge in [-0.3, -0.25) is 4.79 Å². The summed E-state index contributed by atoms with van der Waals surface area (Å²) in [6.07, 6.45) is 14.5. The van der Waals surface area contributed by atoms with E-state index in [1.54, 1.807) is 18.1 Å². The van der Waals surface area contributed by atoms with Crippen molar-refractivity contribution in [3.63, 3.8) is 0 Å². The second-order valence-electron chi connectivity index (χ2n) is 9.43. The Morgan fingerprint density at radius 1 is 1.18 bits per heavy atom. The minimum absolute atomic E-state index is 0.00545. The number of aromatic nitrogens is 5. The number of allylic oxidation sites excluding steroid dienone is 2. The van der Waals surface area contributed by atoms with Crippen LogP contribution < -0.4 is 10.1 Å². The molecule has 0 bridgehead atoms. The maximum atomic E-state index is 13.1. The lowest BCUT2D eigenvalue weighted by molar-refractivity contribution is -0.125. The van der Waals surface area contributed by atoms with Crippen molar-refractivity contribution in [2.75, 3.05) is 7.11 Å². The van der Waals surface area contributed by atoms with Gasteiger partial charge in [-0.2, -0.15) is 0 Å². The van der Waals surface area contributed by atoms with Crippen molar-refractivity contribution in [3.8, 4) is 22.7 Å². The molecule has 170 valence electrons. The smallest absolute Gasteiger partial charge is 0.245 e. The highest BCUT2D eigenvalue weighted by atomic mass is 16.5. The van der Waals surface area contributed by atoms with Crippen LogP contribution in [0.4, 0.5) is 0 Å². The molecule has 1 N–H and O–H groups in total. The monoisotopic (exact) mass is 444 g/mol. The summed E-state index contributed by atoms with van der Waals surface area (Å²) in [6, 6.07) is 5.44. The van der Waals surface area contributed by atoms with E-state index in [0.717, 1.165) is 16.9 Å². The highest BCUT2D eigenvalue weighted by Gasteiger charge is 2.42. The summed E-state index contributed by atoms with van der Waals surface area (Å²) >= 11 is 0. The third kappa shape index (κ3) is 3.86. The Hall–Kier alpha value is -3.68. The predicted octanol–water partition coefficient (Wildman–Crippen LogP) is 3.65. The third-order valence-corrected chi connectivity index (χ3v) is 6.66. The fourth-order valence-corrected chi connectivity index (χ4v) is 4.86. The maximum absolute atomic E-state index is 13.1. The van der Waals surface area contributed by atoms with E-state index in [-0.39, 0.29) is 23.3 Å². The van der Waals surface area contributed by atoms with E-state index in [1.165, 1.54) is 0 Å². The number of carbonyl (C=O) groups excluding carboxylic acids is 1. The molecule has 33 heavy (non-hydrogen) atoms. The summed E-state index contributed by atoms with van der Waals surface area (Å²) in [7, 11) is 1.64. The predicted molar refractivity (Wildman–Crippen MR) is 125 cm³/mol. The van der Waals surface area contributed by atoms with Gasteiger partial charge in [-0.15, -0.1) is 5.10 Å². The van der Waals surface area contributed by atoms with Crippen molar-refractivity contribution in [2.24, 2.45) is 11.3 Å². The highest BCUT2D eigenvalue weighted by Crippen LogP contribution is 2.42. The van der Waals surface area contributed by atoms with Crippen LogP contribution in [-0.4, -0.2) is 43.6 Å². The van der Waals surface area contributed by atoms with Crippen molar-refractivity contribution in [1.29, 1.82) is 0 Å². The minimum Gasteiger partial charge on any atom is -0.495 e. The number of aryl methyl sites for hydroxylation is 1. The molecule has 0 spiro atoms. The highest BCUT2D eigenvalue weighted by molar-refractivity contribution is 5.81. The zero-order chi connectivity index (χ0) is 23.2. The number of imidazole rings is 1. The lowest BCUT2D eigenvalue weighted by atomic mass is 9.71. The molecule has 8 heteroatoms. The molecule has 5 rings (SSSR count). The van der Waals surface area contributed by atoms with Crippen molar-refractivity contribution in [1.82, 2.24) is 29.9 Å². The summed E-state index contributed by atoms with van der Waals surface area (Å²) in [5.74, 6) is 0.911. The number of carbonyl (C=O) groups is 1. The zero-order valence-electron chi connectivity index (χ0n) is 19.3. The van der Waals surface area contributed by atoms with E-state index < -0.39 is 6.04 Å². The van der Waals surface area contributed by atoms with Gasteiger partial charge in [0.05, 0.1) is 37.1 Å². The number of nitrogens with one attached hydrogen (secondary N) is 1. The second kappa shape index (κ2) is 8.03. The maximum Gasteiger partial charge on any atom is 0.245 e. The van der Waals surface area contributed by atoms with Gasteiger partial charge in [-0.05, 0) is 30.9 Å². The summed E-state index contributed by atoms with van der Waals surface area (Å²) in [6.45, 7) is 6.36. The molecular formula is C25H28N6O2. The third-order valence-electron chi connectivity index (χ3n) is 6.66. The Morgan fingerprint density at radius 3 is 2.76 bits per heavy atom. The first-order valence-corrected chi connectivity index (χ1v) is 11.1. The van der Waals surface area contributed by atoms with E-state index in [2.05, 4.69) is 52.7 Å². The summed E-state index contributed by atoms with van der Waals surface area (Å²) in [4.78, 5) is 17.4. The van der Waals surface area contributed by atoms with Crippen LogP contribution in [0.25, 0.3) is 16.9 Å². The largest absolute Gasteiger partial charge is 0.495 e. The lowest BCUT2D eigenvalue weighted by Gasteiger charge is -2.35. The van der Waals surface area contributed by atoms with Gasteiger partial charge in [0.15, 0.2) is 0 Å². The number of fused-ring (bicyclic) bond motifs is 1. The Labute approximate surface area is 193 Å². The fraction of sp³-hybridized carbons (Fsp3) is 0.360. The van der Waals surface area contributed by atoms with Crippen molar-refractivity contribution in [3.05, 3.63) is 66.9 Å². The van der Waals surface area contributed by atoms with Gasteiger partial charge in [-0.25, -0.2) is 9.67 Å². The van der Waals surface area contributed by atoms with E-state index in [1.807, 2.05) is 48.2 Å². The van der Waals surface area contributed by atoms with Gasteiger partial charge in [0.25, 0.3) is 0 Å². The van der Waals surface area contributed by atoms with Crippen LogP contribution in [0.3, 0.4) is 0 Å². The van der Waals surface area contributed by atoms with E-state index in [9.17, 15) is 4.79 Å². The number of nitrogens with zero attached hydrogens (tertiary/aromatic N) is 5. The van der Waals surface area contributed by atoms with Crippen LogP contribution in [0.2, 0.25) is 0 Å². The van der Waals surface area contributed by atoms with Crippen LogP contribution in [0.5, 0.6) is 5.75 Å². The molecule has 1 saturated heterocycles. The van der Waals surface area contributed by atoms with Gasteiger partial charge in [0.2, 0.25) is 5.91 Å². The Morgan fingerprint density at radius 2 is 2.00 bits per heavy atom. The summed E-state index contributed by atoms with van der Waals surface area (Å²) < 4.78 is 9.25. The Balaban J connectivity index is 1.45. The molecule has 1 aliphatic carbocycles. The van der Waals surface area contributed by atoms with Gasteiger partial charge < -0.3 is 14.6 Å². The Kier molecular flexibility index (Phi) is 5.15. The number of methoxy groups -OCH3 is 1. The van der Waals surface area contributed by atoms with Crippen LogP contribution in [-0.2, 0) is 4.79 Å². The van der Waals surface area contributed by atoms with E-state index >= 15 is 0 Å². The van der Waals surface area contributed by atoms with Crippen molar-refractivity contribution in [2.45, 2.75) is 39.3 Å². The number of ether oxygens (including phenoxy) is 1. The molecule has 3 unspecified atom stereocenters. The van der Waals surface area contributed by atoms with Crippen molar-refractivity contribution < 1.29 is 9.53 Å². The number of hydrogen-bond acceptors (Lipinski definition) is 5. The first-order chi connectivity index (χ1) is 15.9. The van der Waals surface area contributed by atoms with Crippen LogP contribution in [0, 0.1) is 18.3 Å². The number of rotatable bonds is 4. The normalized spacial score (nSPS) is 23.6. The van der Waals surface area contributed by atoms with Gasteiger partial charge in [0, 0.05) is 17.7 Å². The standard InChI is InChI=1S/C25H28N6O2/c1-16-13-30(15-26-16)21-10-9-17(11-23(21)33-4)20-14-31(29-28-20)22-12-25(2,3)18-7-5-6-8-19(18)27-24(22)32/h5-11,13-15,18-19,22H,12H2,1-4H3,(H,27,32). The molecular weight excluding hydrogens is 416 g/mol. The summed E-state index contributed by atoms with van der Waals surface area (Å²) in [5, 5.41) is 11.9. The van der Waals surface area contributed by atoms with Gasteiger partial charge >= 0.3 is 0 Å². The molecule has 1 amide bonds. The number of amides is 1. The molecule has 8 nitrogen and oxygen atoms in total. The molecule has 1 fully saturated rings. The average Bonchev–Trinajstić information content (AvgIpc) is 3.44. The fourth-order valence-electron chi connectivity index (χ4n) is 4.86. The summed E-state index contributed by atoms with van der Waals surface area (Å²) in [5.41, 5.74) is 3.29. The van der Waals surface area contributed by atoms with Crippen molar-refractivity contribution >= 4 is 5.91 Å².